The molecule has 0 aromatic heterocycles. The molecule has 1 unspecified atom stereocenters. The molecule has 76 valence electrons. The second-order valence-corrected chi connectivity index (χ2v) is 3.67. The second-order valence-electron chi connectivity index (χ2n) is 3.67. The summed E-state index contributed by atoms with van der Waals surface area (Å²) in [7, 11) is 0. The molecule has 1 N–H and O–H groups in total. The maximum Gasteiger partial charge on any atom is 0.0696 e. The summed E-state index contributed by atoms with van der Waals surface area (Å²) in [4.78, 5) is 0. The van der Waals surface area contributed by atoms with Crippen molar-refractivity contribution in [2.75, 3.05) is 0 Å². The van der Waals surface area contributed by atoms with Crippen molar-refractivity contribution in [3.05, 3.63) is 54.1 Å². The molecule has 0 saturated heterocycles. The fraction of sp³-hybridized carbons (Fsp3) is 0.143. The predicted octanol–water partition coefficient (Wildman–Crippen LogP) is 3.23. The smallest absolute Gasteiger partial charge is 0.0696 e. The van der Waals surface area contributed by atoms with Crippen molar-refractivity contribution in [1.29, 1.82) is 0 Å². The minimum Gasteiger partial charge on any atom is -0.389 e. The van der Waals surface area contributed by atoms with Crippen LogP contribution >= 0.6 is 0 Å². The molecule has 1 heteroatoms. The highest BCUT2D eigenvalue weighted by Gasteiger charge is 1.96. The molecule has 0 radical (unpaired) electrons. The zero-order chi connectivity index (χ0) is 10.7. The number of hydrogen-bond acceptors (Lipinski definition) is 1. The fourth-order valence-electron chi connectivity index (χ4n) is 1.64. The van der Waals surface area contributed by atoms with Gasteiger partial charge in [-0.2, -0.15) is 0 Å². The maximum absolute atomic E-state index is 9.20. The molecule has 0 saturated carbocycles. The molecule has 2 rings (SSSR count). The van der Waals surface area contributed by atoms with Crippen molar-refractivity contribution < 1.29 is 5.11 Å². The molecule has 1 nitrogen and oxygen atoms in total. The molecule has 0 bridgehead atoms. The number of aliphatic hydroxyl groups excluding tert-OH is 1. The molecule has 1 atom stereocenters. The van der Waals surface area contributed by atoms with Gasteiger partial charge in [0.1, 0.15) is 0 Å². The first-order chi connectivity index (χ1) is 7.27. The average molecular weight is 198 g/mol. The molecule has 0 fully saturated rings. The Morgan fingerprint density at radius 2 is 1.80 bits per heavy atom. The zero-order valence-corrected chi connectivity index (χ0v) is 8.72. The summed E-state index contributed by atoms with van der Waals surface area (Å²) in [6.07, 6.45) is 3.36. The van der Waals surface area contributed by atoms with Gasteiger partial charge < -0.3 is 5.11 Å². The Morgan fingerprint density at radius 1 is 1.07 bits per heavy atom. The van der Waals surface area contributed by atoms with Gasteiger partial charge in [-0.15, -0.1) is 0 Å². The van der Waals surface area contributed by atoms with Crippen molar-refractivity contribution in [2.45, 2.75) is 13.0 Å². The third kappa shape index (κ3) is 2.25. The number of fused-ring (bicyclic) bond motifs is 1. The van der Waals surface area contributed by atoms with E-state index in [1.165, 1.54) is 10.8 Å². The van der Waals surface area contributed by atoms with Crippen molar-refractivity contribution in [3.63, 3.8) is 0 Å². The second kappa shape index (κ2) is 4.28. The van der Waals surface area contributed by atoms with Gasteiger partial charge in [0.05, 0.1) is 6.10 Å². The summed E-state index contributed by atoms with van der Waals surface area (Å²) in [5.74, 6) is 0. The van der Waals surface area contributed by atoms with Crippen LogP contribution in [0, 0.1) is 0 Å². The van der Waals surface area contributed by atoms with E-state index in [0.29, 0.717) is 0 Å². The Kier molecular flexibility index (Phi) is 2.84. The van der Waals surface area contributed by atoms with Crippen LogP contribution in [0.3, 0.4) is 0 Å². The summed E-state index contributed by atoms with van der Waals surface area (Å²) >= 11 is 0. The van der Waals surface area contributed by atoms with E-state index in [9.17, 15) is 5.11 Å². The van der Waals surface area contributed by atoms with Gasteiger partial charge in [0.15, 0.2) is 0 Å². The molecule has 2 aromatic rings. The highest BCUT2D eigenvalue weighted by atomic mass is 16.3. The van der Waals surface area contributed by atoms with Crippen molar-refractivity contribution in [1.82, 2.24) is 0 Å². The van der Waals surface area contributed by atoms with E-state index in [4.69, 9.17) is 0 Å². The molecular weight excluding hydrogens is 184 g/mol. The van der Waals surface area contributed by atoms with Gasteiger partial charge in [-0.1, -0.05) is 54.6 Å². The van der Waals surface area contributed by atoms with Crippen LogP contribution in [-0.4, -0.2) is 11.2 Å². The molecule has 15 heavy (non-hydrogen) atoms. The lowest BCUT2D eigenvalue weighted by atomic mass is 10.0. The number of rotatable bonds is 2. The molecule has 0 spiro atoms. The third-order valence-corrected chi connectivity index (χ3v) is 2.38. The van der Waals surface area contributed by atoms with Crippen LogP contribution in [0.25, 0.3) is 16.8 Å². The summed E-state index contributed by atoms with van der Waals surface area (Å²) in [6, 6.07) is 14.4. The first-order valence-electron chi connectivity index (χ1n) is 5.11. The van der Waals surface area contributed by atoms with Crippen LogP contribution in [0.2, 0.25) is 0 Å². The summed E-state index contributed by atoms with van der Waals surface area (Å²) in [5, 5.41) is 11.6. The summed E-state index contributed by atoms with van der Waals surface area (Å²) < 4.78 is 0. The average Bonchev–Trinajstić information content (AvgIpc) is 2.26. The van der Waals surface area contributed by atoms with E-state index in [1.54, 1.807) is 13.0 Å². The van der Waals surface area contributed by atoms with E-state index in [0.717, 1.165) is 5.56 Å². The van der Waals surface area contributed by atoms with Gasteiger partial charge in [0, 0.05) is 0 Å². The van der Waals surface area contributed by atoms with Crippen molar-refractivity contribution >= 4 is 16.8 Å². The fourth-order valence-corrected chi connectivity index (χ4v) is 1.64. The predicted molar refractivity (Wildman–Crippen MR) is 64.7 cm³/mol. The minimum atomic E-state index is -0.399. The zero-order valence-electron chi connectivity index (χ0n) is 8.72. The van der Waals surface area contributed by atoms with E-state index in [2.05, 4.69) is 24.3 Å². The lowest BCUT2D eigenvalue weighted by Gasteiger charge is -2.02. The first-order valence-corrected chi connectivity index (χ1v) is 5.11. The van der Waals surface area contributed by atoms with Gasteiger partial charge >= 0.3 is 0 Å². The van der Waals surface area contributed by atoms with E-state index in [-0.39, 0.29) is 0 Å². The Hall–Kier alpha value is -1.60. The molecule has 0 heterocycles. The van der Waals surface area contributed by atoms with Gasteiger partial charge in [-0.05, 0) is 23.3 Å². The van der Waals surface area contributed by atoms with Gasteiger partial charge in [0.2, 0.25) is 0 Å². The first kappa shape index (κ1) is 9.94. The number of hydrogen-bond donors (Lipinski definition) is 1. The van der Waals surface area contributed by atoms with Crippen LogP contribution in [-0.2, 0) is 0 Å². The highest BCUT2D eigenvalue weighted by molar-refractivity contribution is 5.90. The molecule has 0 amide bonds. The van der Waals surface area contributed by atoms with Gasteiger partial charge in [-0.3, -0.25) is 0 Å². The quantitative estimate of drug-likeness (QED) is 0.785. The van der Waals surface area contributed by atoms with Crippen LogP contribution in [0.15, 0.2) is 48.5 Å². The largest absolute Gasteiger partial charge is 0.389 e. The van der Waals surface area contributed by atoms with E-state index in [1.807, 2.05) is 24.3 Å². The lowest BCUT2D eigenvalue weighted by molar-refractivity contribution is 0.245. The lowest BCUT2D eigenvalue weighted by Crippen LogP contribution is -1.91. The minimum absolute atomic E-state index is 0.399. The SMILES string of the molecule is CC(O)/C=C/c1cccc2ccccc12. The van der Waals surface area contributed by atoms with E-state index >= 15 is 0 Å². The topological polar surface area (TPSA) is 20.2 Å². The van der Waals surface area contributed by atoms with Crippen molar-refractivity contribution in [3.8, 4) is 0 Å². The molecular formula is C14H14O. The van der Waals surface area contributed by atoms with Crippen LogP contribution < -0.4 is 0 Å². The van der Waals surface area contributed by atoms with Crippen LogP contribution in [0.5, 0.6) is 0 Å². The standard InChI is InChI=1S/C14H14O/c1-11(15)9-10-13-7-4-6-12-5-2-3-8-14(12)13/h2-11,15H,1H3/b10-9+. The molecule has 0 aliphatic rings. The van der Waals surface area contributed by atoms with E-state index < -0.39 is 6.10 Å². The van der Waals surface area contributed by atoms with Gasteiger partial charge in [0.25, 0.3) is 0 Å². The molecule has 2 aromatic carbocycles. The Labute approximate surface area is 89.7 Å². The van der Waals surface area contributed by atoms with Crippen LogP contribution in [0.1, 0.15) is 12.5 Å². The van der Waals surface area contributed by atoms with Gasteiger partial charge in [-0.25, -0.2) is 0 Å². The monoisotopic (exact) mass is 198 g/mol. The molecule has 0 aliphatic heterocycles. The third-order valence-electron chi connectivity index (χ3n) is 2.38. The summed E-state index contributed by atoms with van der Waals surface area (Å²) in [6.45, 7) is 1.75. The Balaban J connectivity index is 2.51. The Morgan fingerprint density at radius 3 is 2.60 bits per heavy atom. The number of benzene rings is 2. The Bertz CT molecular complexity index is 478. The van der Waals surface area contributed by atoms with Crippen molar-refractivity contribution in [2.24, 2.45) is 0 Å². The number of aliphatic hydroxyl groups is 1. The molecule has 0 aliphatic carbocycles. The summed E-state index contributed by atoms with van der Waals surface area (Å²) in [5.41, 5.74) is 1.15. The normalized spacial score (nSPS) is 13.5. The highest BCUT2D eigenvalue weighted by Crippen LogP contribution is 2.19. The maximum atomic E-state index is 9.20. The van der Waals surface area contributed by atoms with Crippen LogP contribution in [0.4, 0.5) is 0 Å².